The van der Waals surface area contributed by atoms with Crippen LogP contribution < -0.4 is 14.5 Å². The first kappa shape index (κ1) is 31.6. The maximum absolute atomic E-state index is 14.5. The Bertz CT molecular complexity index is 1890. The van der Waals surface area contributed by atoms with Gasteiger partial charge < -0.3 is 9.84 Å². The number of carbonyl (C=O) groups excluding carboxylic acids is 4. The summed E-state index contributed by atoms with van der Waals surface area (Å²) in [4.78, 5) is 54.7. The van der Waals surface area contributed by atoms with Crippen molar-refractivity contribution in [3.63, 3.8) is 0 Å². The standard InChI is InChI=1S/C33H23BrCl2FIN2O6/c1-46-24-13-15(12-23(38)27(24)41)26-20-10-11-21-25(29(43)39(28(21)42)18-6-2-16(34)3-7-18)22(20)14-32(35)30(44)40(31(45)33(26,32)36)19-8-4-17(37)5-9-19/h2-10,12-13,21-22,25-26,41H,11,14H2,1H3/t21-,22+,25-,26-,32+,33-/m0/s1. The molecule has 1 saturated carbocycles. The Balaban J connectivity index is 1.42. The van der Waals surface area contributed by atoms with Crippen molar-refractivity contribution in [3.05, 3.63) is 91.7 Å². The van der Waals surface area contributed by atoms with Gasteiger partial charge in [0.2, 0.25) is 11.8 Å². The summed E-state index contributed by atoms with van der Waals surface area (Å²) in [6.07, 6.45) is 1.82. The maximum atomic E-state index is 14.5. The number of ether oxygens (including phenoxy) is 1. The van der Waals surface area contributed by atoms with Crippen LogP contribution in [0.3, 0.4) is 0 Å². The number of fused-ring (bicyclic) bond motifs is 4. The molecule has 2 saturated heterocycles. The Morgan fingerprint density at radius 2 is 1.57 bits per heavy atom. The Morgan fingerprint density at radius 1 is 0.935 bits per heavy atom. The van der Waals surface area contributed by atoms with Crippen LogP contribution in [-0.4, -0.2) is 45.6 Å². The number of benzene rings is 3. The van der Waals surface area contributed by atoms with Crippen LogP contribution in [0.4, 0.5) is 15.8 Å². The third kappa shape index (κ3) is 4.27. The fourth-order valence-corrected chi connectivity index (χ4v) is 9.36. The third-order valence-corrected chi connectivity index (χ3v) is 12.3. The molecule has 8 nitrogen and oxygen atoms in total. The summed E-state index contributed by atoms with van der Waals surface area (Å²) >= 11 is 20.1. The van der Waals surface area contributed by atoms with Crippen LogP contribution in [0.25, 0.3) is 0 Å². The van der Waals surface area contributed by atoms with E-state index in [1.165, 1.54) is 30.2 Å². The van der Waals surface area contributed by atoms with Crippen LogP contribution in [0, 0.1) is 27.1 Å². The first-order valence-electron chi connectivity index (χ1n) is 14.3. The molecule has 2 aliphatic heterocycles. The highest BCUT2D eigenvalue weighted by molar-refractivity contribution is 14.1. The second kappa shape index (κ2) is 11.0. The molecular formula is C33H23BrCl2FIN2O6. The first-order chi connectivity index (χ1) is 21.8. The van der Waals surface area contributed by atoms with Gasteiger partial charge in [0, 0.05) is 10.4 Å². The molecule has 2 heterocycles. The van der Waals surface area contributed by atoms with E-state index in [9.17, 15) is 28.7 Å². The van der Waals surface area contributed by atoms with Gasteiger partial charge in [-0.15, -0.1) is 23.2 Å². The van der Waals surface area contributed by atoms with Gasteiger partial charge in [-0.2, -0.15) is 0 Å². The monoisotopic (exact) mass is 838 g/mol. The lowest BCUT2D eigenvalue weighted by atomic mass is 9.56. The summed E-state index contributed by atoms with van der Waals surface area (Å²) < 4.78 is 20.5. The number of methoxy groups -OCH3 is 1. The average Bonchev–Trinajstić information content (AvgIpc) is 3.37. The van der Waals surface area contributed by atoms with Crippen LogP contribution in [0.5, 0.6) is 11.5 Å². The molecule has 0 bridgehead atoms. The fourth-order valence-electron chi connectivity index (χ4n) is 7.53. The van der Waals surface area contributed by atoms with E-state index < -0.39 is 57.0 Å². The van der Waals surface area contributed by atoms with E-state index >= 15 is 0 Å². The topological polar surface area (TPSA) is 104 Å². The molecule has 0 spiro atoms. The molecule has 3 aromatic carbocycles. The minimum Gasteiger partial charge on any atom is -0.504 e. The Hall–Kier alpha value is -3.00. The summed E-state index contributed by atoms with van der Waals surface area (Å²) in [5.74, 6) is -6.40. The van der Waals surface area contributed by atoms with Crippen molar-refractivity contribution in [1.82, 2.24) is 0 Å². The van der Waals surface area contributed by atoms with Crippen molar-refractivity contribution in [3.8, 4) is 11.5 Å². The van der Waals surface area contributed by atoms with Crippen molar-refractivity contribution in [2.75, 3.05) is 16.9 Å². The molecule has 46 heavy (non-hydrogen) atoms. The number of phenols is 1. The van der Waals surface area contributed by atoms with Gasteiger partial charge in [0.05, 0.1) is 33.9 Å². The Kier molecular flexibility index (Phi) is 7.58. The number of amides is 4. The number of imide groups is 2. The molecule has 3 aromatic rings. The minimum absolute atomic E-state index is 0.0887. The number of hydrogen-bond acceptors (Lipinski definition) is 6. The molecule has 0 aromatic heterocycles. The molecule has 236 valence electrons. The van der Waals surface area contributed by atoms with Crippen molar-refractivity contribution in [2.24, 2.45) is 17.8 Å². The summed E-state index contributed by atoms with van der Waals surface area (Å²) in [5.41, 5.74) is 1.53. The van der Waals surface area contributed by atoms with Gasteiger partial charge in [0.1, 0.15) is 5.82 Å². The van der Waals surface area contributed by atoms with Crippen LogP contribution in [-0.2, 0) is 19.2 Å². The van der Waals surface area contributed by atoms with Crippen molar-refractivity contribution < 1.29 is 33.4 Å². The number of nitrogens with zero attached hydrogens (tertiary/aromatic N) is 2. The summed E-state index contributed by atoms with van der Waals surface area (Å²) in [5, 5.41) is 10.6. The molecule has 4 aliphatic rings. The molecular weight excluding hydrogens is 817 g/mol. The number of anilines is 2. The zero-order valence-electron chi connectivity index (χ0n) is 23.8. The second-order valence-electron chi connectivity index (χ2n) is 11.8. The molecule has 0 unspecified atom stereocenters. The van der Waals surface area contributed by atoms with E-state index in [2.05, 4.69) is 15.9 Å². The van der Waals surface area contributed by atoms with E-state index in [1.54, 1.807) is 30.3 Å². The highest BCUT2D eigenvalue weighted by atomic mass is 127. The molecule has 1 N–H and O–H groups in total. The van der Waals surface area contributed by atoms with Crippen molar-refractivity contribution >= 4 is 96.7 Å². The molecule has 4 amide bonds. The summed E-state index contributed by atoms with van der Waals surface area (Å²) in [7, 11) is 1.38. The predicted octanol–water partition coefficient (Wildman–Crippen LogP) is 6.68. The third-order valence-electron chi connectivity index (χ3n) is 9.58. The van der Waals surface area contributed by atoms with E-state index in [4.69, 9.17) is 27.9 Å². The smallest absolute Gasteiger partial charge is 0.258 e. The molecule has 2 aliphatic carbocycles. The predicted molar refractivity (Wildman–Crippen MR) is 181 cm³/mol. The molecule has 13 heteroatoms. The van der Waals surface area contributed by atoms with Crippen LogP contribution in [0.2, 0.25) is 0 Å². The number of rotatable bonds is 4. The number of alkyl halides is 2. The summed E-state index contributed by atoms with van der Waals surface area (Å²) in [6, 6.07) is 14.8. The first-order valence-corrected chi connectivity index (χ1v) is 16.9. The number of phenolic OH excluding ortho intramolecular Hbond substituents is 1. The van der Waals surface area contributed by atoms with Gasteiger partial charge in [-0.1, -0.05) is 27.6 Å². The number of carbonyl (C=O) groups is 4. The lowest BCUT2D eigenvalue weighted by Gasteiger charge is -2.50. The minimum atomic E-state index is -2.10. The van der Waals surface area contributed by atoms with E-state index in [1.807, 2.05) is 28.7 Å². The average molecular weight is 840 g/mol. The van der Waals surface area contributed by atoms with E-state index in [0.29, 0.717) is 20.4 Å². The fraction of sp³-hybridized carbons (Fsp3) is 0.273. The van der Waals surface area contributed by atoms with Gasteiger partial charge in [0.15, 0.2) is 21.2 Å². The van der Waals surface area contributed by atoms with Crippen LogP contribution in [0.15, 0.2) is 76.8 Å². The van der Waals surface area contributed by atoms with Crippen LogP contribution >= 0.6 is 61.7 Å². The quantitative estimate of drug-likeness (QED) is 0.136. The zero-order valence-corrected chi connectivity index (χ0v) is 29.1. The van der Waals surface area contributed by atoms with Gasteiger partial charge in [-0.25, -0.2) is 9.29 Å². The molecule has 3 fully saturated rings. The zero-order chi connectivity index (χ0) is 32.9. The van der Waals surface area contributed by atoms with Gasteiger partial charge in [0.25, 0.3) is 11.8 Å². The maximum Gasteiger partial charge on any atom is 0.258 e. The Labute approximate surface area is 294 Å². The van der Waals surface area contributed by atoms with Gasteiger partial charge in [-0.05, 0) is 108 Å². The normalized spacial score (nSPS) is 30.3. The van der Waals surface area contributed by atoms with Gasteiger partial charge >= 0.3 is 0 Å². The SMILES string of the molecule is COc1cc([C@H]2C3=CC[C@@H]4C(=O)N(c5ccc(Br)cc5)C(=O)[C@@H]4[C@@H]3C[C@@]3(Cl)C(=O)N(c4ccc(F)cc4)C(=O)[C@@]23Cl)cc(I)c1O. The highest BCUT2D eigenvalue weighted by Gasteiger charge is 2.76. The number of allylic oxidation sites excluding steroid dienone is 2. The van der Waals surface area contributed by atoms with Crippen LogP contribution in [0.1, 0.15) is 24.3 Å². The molecule has 0 radical (unpaired) electrons. The molecule has 7 rings (SSSR count). The summed E-state index contributed by atoms with van der Waals surface area (Å²) in [6.45, 7) is 0. The van der Waals surface area contributed by atoms with E-state index in [-0.39, 0.29) is 35.9 Å². The number of hydrogen-bond donors (Lipinski definition) is 1. The lowest BCUT2D eigenvalue weighted by Crippen LogP contribution is -2.60. The van der Waals surface area contributed by atoms with Crippen molar-refractivity contribution in [1.29, 1.82) is 0 Å². The highest BCUT2D eigenvalue weighted by Crippen LogP contribution is 2.66. The second-order valence-corrected chi connectivity index (χ2v) is 15.1. The van der Waals surface area contributed by atoms with E-state index in [0.717, 1.165) is 21.5 Å². The Morgan fingerprint density at radius 3 is 2.22 bits per heavy atom. The lowest BCUT2D eigenvalue weighted by molar-refractivity contribution is -0.125. The van der Waals surface area contributed by atoms with Crippen molar-refractivity contribution in [2.45, 2.75) is 28.5 Å². The van der Waals surface area contributed by atoms with Gasteiger partial charge in [-0.3, -0.25) is 24.1 Å². The number of aromatic hydroxyl groups is 1. The number of halogens is 5. The molecule has 6 atom stereocenters. The largest absolute Gasteiger partial charge is 0.504 e.